The number of aromatic amines is 1. The van der Waals surface area contributed by atoms with Gasteiger partial charge in [0.15, 0.2) is 0 Å². The Balaban J connectivity index is 1.96. The lowest BCUT2D eigenvalue weighted by Gasteiger charge is -2.14. The number of nitrogens with one attached hydrogen (secondary N) is 1. The lowest BCUT2D eigenvalue weighted by atomic mass is 10.0. The number of rotatable bonds is 6. The minimum absolute atomic E-state index is 0.143. The zero-order valence-electron chi connectivity index (χ0n) is 15.6. The van der Waals surface area contributed by atoms with E-state index in [4.69, 9.17) is 17.0 Å². The first kappa shape index (κ1) is 19.4. The average Bonchev–Trinajstić information content (AvgIpc) is 3.05. The van der Waals surface area contributed by atoms with Gasteiger partial charge in [-0.05, 0) is 54.4 Å². The maximum atomic E-state index is 11.6. The lowest BCUT2D eigenvalue weighted by molar-refractivity contribution is -0.385. The molecule has 2 aromatic carbocycles. The van der Waals surface area contributed by atoms with Gasteiger partial charge in [0.05, 0.1) is 11.1 Å². The van der Waals surface area contributed by atoms with Crippen molar-refractivity contribution in [3.8, 4) is 11.5 Å². The van der Waals surface area contributed by atoms with Gasteiger partial charge in [-0.3, -0.25) is 15.2 Å². The standard InChI is InChI=1S/C19H19N5O3S/c1-12(2)15-6-4-13(3)8-18(15)27-17-7-5-14(9-16(17)24(25)26)10-21-23-11-20-22-19(23)28/h4-12H,1-3H3,(H,22,28)/b21-10-. The monoisotopic (exact) mass is 397 g/mol. The molecule has 0 atom stereocenters. The Labute approximate surface area is 166 Å². The molecule has 3 aromatic rings. The van der Waals surface area contributed by atoms with Crippen molar-refractivity contribution >= 4 is 24.1 Å². The molecule has 0 saturated carbocycles. The molecule has 28 heavy (non-hydrogen) atoms. The smallest absolute Gasteiger partial charge is 0.312 e. The predicted molar refractivity (Wildman–Crippen MR) is 109 cm³/mol. The highest BCUT2D eigenvalue weighted by Crippen LogP contribution is 2.36. The van der Waals surface area contributed by atoms with Crippen LogP contribution in [0.3, 0.4) is 0 Å². The van der Waals surface area contributed by atoms with E-state index in [0.29, 0.717) is 16.1 Å². The van der Waals surface area contributed by atoms with E-state index in [1.165, 1.54) is 23.3 Å². The van der Waals surface area contributed by atoms with Crippen molar-refractivity contribution in [1.29, 1.82) is 0 Å². The van der Waals surface area contributed by atoms with E-state index in [-0.39, 0.29) is 17.4 Å². The number of ether oxygens (including phenoxy) is 1. The van der Waals surface area contributed by atoms with Crippen molar-refractivity contribution in [2.45, 2.75) is 26.7 Å². The van der Waals surface area contributed by atoms with Crippen LogP contribution in [0.1, 0.15) is 36.5 Å². The molecule has 144 valence electrons. The van der Waals surface area contributed by atoms with Gasteiger partial charge in [-0.1, -0.05) is 26.0 Å². The van der Waals surface area contributed by atoms with Gasteiger partial charge in [-0.15, -0.1) is 0 Å². The van der Waals surface area contributed by atoms with Gasteiger partial charge < -0.3 is 4.74 Å². The summed E-state index contributed by atoms with van der Waals surface area (Å²) in [5, 5.41) is 22.0. The Morgan fingerprint density at radius 2 is 2.07 bits per heavy atom. The maximum absolute atomic E-state index is 11.6. The Hall–Kier alpha value is -3.33. The lowest BCUT2D eigenvalue weighted by Crippen LogP contribution is -1.99. The summed E-state index contributed by atoms with van der Waals surface area (Å²) in [7, 11) is 0. The van der Waals surface area contributed by atoms with Crippen LogP contribution in [0.5, 0.6) is 11.5 Å². The summed E-state index contributed by atoms with van der Waals surface area (Å²) in [4.78, 5) is 11.1. The van der Waals surface area contributed by atoms with Crippen molar-refractivity contribution in [2.24, 2.45) is 5.10 Å². The van der Waals surface area contributed by atoms with Crippen molar-refractivity contribution in [1.82, 2.24) is 14.9 Å². The van der Waals surface area contributed by atoms with Gasteiger partial charge >= 0.3 is 5.69 Å². The molecule has 0 saturated heterocycles. The molecule has 0 unspecified atom stereocenters. The number of nitro benzene ring substituents is 1. The summed E-state index contributed by atoms with van der Waals surface area (Å²) in [6.45, 7) is 6.05. The van der Waals surface area contributed by atoms with Crippen LogP contribution in [0.25, 0.3) is 0 Å². The molecule has 1 aromatic heterocycles. The molecule has 0 bridgehead atoms. The van der Waals surface area contributed by atoms with Crippen LogP contribution in [0.15, 0.2) is 47.8 Å². The zero-order chi connectivity index (χ0) is 20.3. The van der Waals surface area contributed by atoms with Crippen LogP contribution in [-0.2, 0) is 0 Å². The summed E-state index contributed by atoms with van der Waals surface area (Å²) in [6.07, 6.45) is 2.88. The molecule has 0 radical (unpaired) electrons. The summed E-state index contributed by atoms with van der Waals surface area (Å²) in [5.41, 5.74) is 2.40. The maximum Gasteiger partial charge on any atom is 0.312 e. The molecule has 3 rings (SSSR count). The first-order valence-corrected chi connectivity index (χ1v) is 8.99. The highest BCUT2D eigenvalue weighted by Gasteiger charge is 2.18. The molecule has 0 fully saturated rings. The number of nitrogens with zero attached hydrogens (tertiary/aromatic N) is 4. The Morgan fingerprint density at radius 3 is 2.71 bits per heavy atom. The summed E-state index contributed by atoms with van der Waals surface area (Å²) in [5.74, 6) is 1.01. The second-order valence-corrected chi connectivity index (χ2v) is 6.92. The first-order valence-electron chi connectivity index (χ1n) is 8.58. The number of H-pyrrole nitrogens is 1. The number of benzene rings is 2. The summed E-state index contributed by atoms with van der Waals surface area (Å²) >= 11 is 5.01. The van der Waals surface area contributed by atoms with E-state index in [0.717, 1.165) is 11.1 Å². The van der Waals surface area contributed by atoms with E-state index < -0.39 is 4.92 Å². The third-order valence-electron chi connectivity index (χ3n) is 4.06. The highest BCUT2D eigenvalue weighted by atomic mass is 32.1. The molecule has 8 nitrogen and oxygen atoms in total. The third kappa shape index (κ3) is 4.32. The highest BCUT2D eigenvalue weighted by molar-refractivity contribution is 7.71. The quantitative estimate of drug-likeness (QED) is 0.274. The van der Waals surface area contributed by atoms with Crippen LogP contribution >= 0.6 is 12.2 Å². The van der Waals surface area contributed by atoms with Crippen LogP contribution < -0.4 is 4.74 Å². The molecule has 0 spiro atoms. The Morgan fingerprint density at radius 1 is 1.29 bits per heavy atom. The fourth-order valence-corrected chi connectivity index (χ4v) is 2.77. The number of hydrogen-bond acceptors (Lipinski definition) is 6. The van der Waals surface area contributed by atoms with E-state index >= 15 is 0 Å². The van der Waals surface area contributed by atoms with E-state index in [2.05, 4.69) is 15.3 Å². The molecule has 0 aliphatic rings. The minimum atomic E-state index is -0.471. The summed E-state index contributed by atoms with van der Waals surface area (Å²) in [6, 6.07) is 10.5. The molecule has 1 heterocycles. The number of aryl methyl sites for hydroxylation is 1. The normalized spacial score (nSPS) is 11.3. The fourth-order valence-electron chi connectivity index (χ4n) is 2.62. The van der Waals surface area contributed by atoms with Gasteiger partial charge in [0.1, 0.15) is 12.1 Å². The summed E-state index contributed by atoms with van der Waals surface area (Å²) < 4.78 is 7.63. The Bertz CT molecular complexity index is 1100. The predicted octanol–water partition coefficient (Wildman–Crippen LogP) is 4.96. The molecule has 9 heteroatoms. The minimum Gasteiger partial charge on any atom is -0.450 e. The van der Waals surface area contributed by atoms with Crippen molar-refractivity contribution < 1.29 is 9.66 Å². The molecule has 0 aliphatic carbocycles. The van der Waals surface area contributed by atoms with Crippen molar-refractivity contribution in [2.75, 3.05) is 0 Å². The molecular weight excluding hydrogens is 378 g/mol. The SMILES string of the molecule is Cc1ccc(C(C)C)c(Oc2ccc(/C=N\n3cn[nH]c3=S)cc2[N+](=O)[O-])c1. The van der Waals surface area contributed by atoms with Crippen molar-refractivity contribution in [3.05, 3.63) is 74.3 Å². The van der Waals surface area contributed by atoms with Crippen LogP contribution in [-0.4, -0.2) is 26.0 Å². The van der Waals surface area contributed by atoms with Gasteiger partial charge in [0.2, 0.25) is 10.5 Å². The Kier molecular flexibility index (Phi) is 5.65. The van der Waals surface area contributed by atoms with E-state index in [1.807, 2.05) is 39.0 Å². The van der Waals surface area contributed by atoms with Gasteiger partial charge in [0, 0.05) is 11.6 Å². The zero-order valence-corrected chi connectivity index (χ0v) is 16.4. The topological polar surface area (TPSA) is 98.3 Å². The van der Waals surface area contributed by atoms with Gasteiger partial charge in [-0.2, -0.15) is 14.9 Å². The average molecular weight is 397 g/mol. The second kappa shape index (κ2) is 8.13. The van der Waals surface area contributed by atoms with Crippen LogP contribution in [0.2, 0.25) is 0 Å². The first-order chi connectivity index (χ1) is 13.3. The number of nitro groups is 1. The van der Waals surface area contributed by atoms with Gasteiger partial charge in [0.25, 0.3) is 0 Å². The largest absolute Gasteiger partial charge is 0.450 e. The number of hydrogen-bond donors (Lipinski definition) is 1. The second-order valence-electron chi connectivity index (χ2n) is 6.53. The van der Waals surface area contributed by atoms with Crippen molar-refractivity contribution in [3.63, 3.8) is 0 Å². The fraction of sp³-hybridized carbons (Fsp3) is 0.211. The van der Waals surface area contributed by atoms with E-state index in [9.17, 15) is 10.1 Å². The third-order valence-corrected chi connectivity index (χ3v) is 4.34. The number of aromatic nitrogens is 3. The molecular formula is C19H19N5O3S. The van der Waals surface area contributed by atoms with Crippen LogP contribution in [0.4, 0.5) is 5.69 Å². The molecule has 1 N–H and O–H groups in total. The molecule has 0 amide bonds. The molecule has 0 aliphatic heterocycles. The van der Waals surface area contributed by atoms with Crippen LogP contribution in [0, 0.1) is 21.8 Å². The van der Waals surface area contributed by atoms with E-state index in [1.54, 1.807) is 12.1 Å². The van der Waals surface area contributed by atoms with Gasteiger partial charge in [-0.25, -0.2) is 0 Å².